The molecule has 5 nitrogen and oxygen atoms in total. The van der Waals surface area contributed by atoms with Gasteiger partial charge in [0.05, 0.1) is 16.6 Å². The third-order valence-electron chi connectivity index (χ3n) is 11.6. The Hall–Kier alpha value is -8.15. The van der Waals surface area contributed by atoms with Crippen LogP contribution < -0.4 is 0 Å². The molecule has 0 aliphatic rings. The molecule has 0 radical (unpaired) electrons. The summed E-state index contributed by atoms with van der Waals surface area (Å²) in [6, 6.07) is 72.4. The van der Waals surface area contributed by atoms with Crippen LogP contribution in [0.3, 0.4) is 0 Å². The van der Waals surface area contributed by atoms with Gasteiger partial charge in [-0.3, -0.25) is 0 Å². The van der Waals surface area contributed by atoms with Crippen molar-refractivity contribution in [1.82, 2.24) is 19.5 Å². The van der Waals surface area contributed by atoms with E-state index in [-0.39, 0.29) is 0 Å². The van der Waals surface area contributed by atoms with Crippen molar-refractivity contribution in [3.63, 3.8) is 0 Å². The summed E-state index contributed by atoms with van der Waals surface area (Å²) < 4.78 is 8.84. The second-order valence-electron chi connectivity index (χ2n) is 15.2. The van der Waals surface area contributed by atoms with Gasteiger partial charge in [0.2, 0.25) is 0 Å². The minimum atomic E-state index is 0.560. The first kappa shape index (κ1) is 33.9. The molecular weight excluding hydrogens is 733 g/mol. The second-order valence-corrected chi connectivity index (χ2v) is 15.2. The summed E-state index contributed by atoms with van der Waals surface area (Å²) >= 11 is 0. The van der Waals surface area contributed by atoms with Crippen LogP contribution in [0.25, 0.3) is 117 Å². The zero-order valence-electron chi connectivity index (χ0n) is 32.3. The molecule has 280 valence electrons. The van der Waals surface area contributed by atoms with Crippen LogP contribution in [0.1, 0.15) is 0 Å². The Bertz CT molecular complexity index is 3610. The van der Waals surface area contributed by atoms with Crippen LogP contribution in [-0.4, -0.2) is 19.5 Å². The van der Waals surface area contributed by atoms with E-state index in [4.69, 9.17) is 19.4 Å². The van der Waals surface area contributed by atoms with E-state index in [0.717, 1.165) is 61.0 Å². The summed E-state index contributed by atoms with van der Waals surface area (Å²) in [5, 5.41) is 7.02. The Labute approximate surface area is 345 Å². The lowest BCUT2D eigenvalue weighted by Gasteiger charge is -2.13. The van der Waals surface area contributed by atoms with Crippen LogP contribution in [-0.2, 0) is 0 Å². The van der Waals surface area contributed by atoms with Crippen molar-refractivity contribution in [3.05, 3.63) is 206 Å². The van der Waals surface area contributed by atoms with Crippen molar-refractivity contribution < 1.29 is 4.42 Å². The summed E-state index contributed by atoms with van der Waals surface area (Å²) in [6.45, 7) is 0. The lowest BCUT2D eigenvalue weighted by molar-refractivity contribution is 0.669. The van der Waals surface area contributed by atoms with Crippen molar-refractivity contribution in [2.24, 2.45) is 0 Å². The molecule has 0 spiro atoms. The Morgan fingerprint density at radius 2 is 0.933 bits per heavy atom. The quantitative estimate of drug-likeness (QED) is 0.169. The van der Waals surface area contributed by atoms with Gasteiger partial charge in [0.15, 0.2) is 17.5 Å². The average Bonchev–Trinajstić information content (AvgIpc) is 3.87. The predicted octanol–water partition coefficient (Wildman–Crippen LogP) is 14.4. The third kappa shape index (κ3) is 5.59. The van der Waals surface area contributed by atoms with Crippen molar-refractivity contribution >= 4 is 54.5 Å². The largest absolute Gasteiger partial charge is 0.455 e. The molecule has 3 aromatic heterocycles. The number of furan rings is 1. The fourth-order valence-electron chi connectivity index (χ4n) is 8.82. The molecule has 12 rings (SSSR count). The first-order chi connectivity index (χ1) is 29.7. The zero-order chi connectivity index (χ0) is 39.6. The number of benzene rings is 9. The van der Waals surface area contributed by atoms with Crippen LogP contribution in [0.15, 0.2) is 211 Å². The van der Waals surface area contributed by atoms with Gasteiger partial charge in [-0.05, 0) is 75.5 Å². The van der Waals surface area contributed by atoms with E-state index in [0.29, 0.717) is 17.5 Å². The Morgan fingerprint density at radius 3 is 1.83 bits per heavy atom. The zero-order valence-corrected chi connectivity index (χ0v) is 32.3. The molecule has 0 aliphatic carbocycles. The van der Waals surface area contributed by atoms with Gasteiger partial charge in [-0.15, -0.1) is 0 Å². The highest BCUT2D eigenvalue weighted by atomic mass is 16.3. The molecule has 9 aromatic carbocycles. The van der Waals surface area contributed by atoms with Gasteiger partial charge in [-0.25, -0.2) is 15.0 Å². The average molecular weight is 767 g/mol. The highest BCUT2D eigenvalue weighted by Gasteiger charge is 2.19. The smallest absolute Gasteiger partial charge is 0.167 e. The number of para-hydroxylation sites is 3. The minimum Gasteiger partial charge on any atom is -0.455 e. The third-order valence-corrected chi connectivity index (χ3v) is 11.6. The Balaban J connectivity index is 0.992. The fourth-order valence-corrected chi connectivity index (χ4v) is 8.82. The van der Waals surface area contributed by atoms with Crippen LogP contribution in [0.4, 0.5) is 0 Å². The van der Waals surface area contributed by atoms with Gasteiger partial charge in [0, 0.05) is 38.4 Å². The van der Waals surface area contributed by atoms with Crippen LogP contribution in [0, 0.1) is 0 Å². The molecule has 0 bridgehead atoms. The van der Waals surface area contributed by atoms with E-state index < -0.39 is 0 Å². The first-order valence-corrected chi connectivity index (χ1v) is 20.2. The van der Waals surface area contributed by atoms with Crippen molar-refractivity contribution in [2.45, 2.75) is 0 Å². The topological polar surface area (TPSA) is 56.7 Å². The number of rotatable bonds is 6. The van der Waals surface area contributed by atoms with Crippen molar-refractivity contribution in [1.29, 1.82) is 0 Å². The highest BCUT2D eigenvalue weighted by molar-refractivity contribution is 6.11. The van der Waals surface area contributed by atoms with Gasteiger partial charge in [-0.1, -0.05) is 164 Å². The molecular formula is C55H34N4O. The standard InChI is InChI=1S/C55H34N4O/c1-2-15-36(16-3-1)53-56-54(58-55(57-53)48-27-13-26-47-46-24-7-9-29-51(46)60-52(47)48)40-20-10-18-37(32-40)38-19-11-21-41(33-38)59-49-28-8-6-23-44(49)45-31-30-39(34-50(45)59)43-25-12-17-35-14-4-5-22-42(35)43/h1-34H. The van der Waals surface area contributed by atoms with E-state index in [1.165, 1.54) is 38.2 Å². The van der Waals surface area contributed by atoms with E-state index in [9.17, 15) is 0 Å². The summed E-state index contributed by atoms with van der Waals surface area (Å²) in [5.41, 5.74) is 12.2. The summed E-state index contributed by atoms with van der Waals surface area (Å²) in [7, 11) is 0. The molecule has 3 heterocycles. The first-order valence-electron chi connectivity index (χ1n) is 20.2. The van der Waals surface area contributed by atoms with Gasteiger partial charge >= 0.3 is 0 Å². The van der Waals surface area contributed by atoms with E-state index in [1.54, 1.807) is 0 Å². The Morgan fingerprint density at radius 1 is 0.333 bits per heavy atom. The number of aromatic nitrogens is 4. The molecule has 0 fully saturated rings. The molecule has 0 amide bonds. The second kappa shape index (κ2) is 13.8. The molecule has 0 aliphatic heterocycles. The molecule has 12 aromatic rings. The number of nitrogens with zero attached hydrogens (tertiary/aromatic N) is 4. The molecule has 0 saturated carbocycles. The maximum atomic E-state index is 6.45. The molecule has 60 heavy (non-hydrogen) atoms. The van der Waals surface area contributed by atoms with Gasteiger partial charge in [0.1, 0.15) is 11.2 Å². The summed E-state index contributed by atoms with van der Waals surface area (Å²) in [4.78, 5) is 15.3. The lowest BCUT2D eigenvalue weighted by Crippen LogP contribution is -2.00. The van der Waals surface area contributed by atoms with Gasteiger partial charge in [0.25, 0.3) is 0 Å². The van der Waals surface area contributed by atoms with Gasteiger partial charge < -0.3 is 8.98 Å². The van der Waals surface area contributed by atoms with Crippen molar-refractivity contribution in [2.75, 3.05) is 0 Å². The predicted molar refractivity (Wildman–Crippen MR) is 246 cm³/mol. The Kier molecular flexibility index (Phi) is 7.78. The monoisotopic (exact) mass is 766 g/mol. The van der Waals surface area contributed by atoms with E-state index >= 15 is 0 Å². The van der Waals surface area contributed by atoms with Crippen LogP contribution in [0.2, 0.25) is 0 Å². The van der Waals surface area contributed by atoms with Crippen LogP contribution in [0.5, 0.6) is 0 Å². The normalized spacial score (nSPS) is 11.7. The molecule has 0 saturated heterocycles. The summed E-state index contributed by atoms with van der Waals surface area (Å²) in [6.07, 6.45) is 0. The maximum absolute atomic E-state index is 6.45. The molecule has 0 atom stereocenters. The summed E-state index contributed by atoms with van der Waals surface area (Å²) in [5.74, 6) is 1.75. The number of hydrogen-bond acceptors (Lipinski definition) is 4. The number of hydrogen-bond donors (Lipinski definition) is 0. The highest BCUT2D eigenvalue weighted by Crippen LogP contribution is 2.39. The van der Waals surface area contributed by atoms with Gasteiger partial charge in [-0.2, -0.15) is 0 Å². The van der Waals surface area contributed by atoms with Crippen molar-refractivity contribution in [3.8, 4) is 62.1 Å². The number of fused-ring (bicyclic) bond motifs is 7. The minimum absolute atomic E-state index is 0.560. The molecule has 0 N–H and O–H groups in total. The van der Waals surface area contributed by atoms with E-state index in [1.807, 2.05) is 60.7 Å². The van der Waals surface area contributed by atoms with Crippen LogP contribution >= 0.6 is 0 Å². The fraction of sp³-hybridized carbons (Fsp3) is 0. The lowest BCUT2D eigenvalue weighted by atomic mass is 9.97. The SMILES string of the molecule is c1ccc(-c2nc(-c3cccc(-c4cccc(-n5c6ccccc6c6ccc(-c7cccc8ccccc78)cc65)c4)c3)nc(-c3cccc4c3oc3ccccc34)n2)cc1. The molecule has 0 unspecified atom stereocenters. The maximum Gasteiger partial charge on any atom is 0.167 e. The van der Waals surface area contributed by atoms with E-state index in [2.05, 4.69) is 150 Å². The molecule has 5 heteroatoms.